The van der Waals surface area contributed by atoms with Gasteiger partial charge in [-0.15, -0.1) is 0 Å². The van der Waals surface area contributed by atoms with Gasteiger partial charge in [0.1, 0.15) is 12.4 Å². The number of nitrogens with zero attached hydrogens (tertiary/aromatic N) is 1. The lowest BCUT2D eigenvalue weighted by Crippen LogP contribution is -2.18. The lowest BCUT2D eigenvalue weighted by molar-refractivity contribution is -0.116. The lowest BCUT2D eigenvalue weighted by atomic mass is 10.1. The topological polar surface area (TPSA) is 34.0 Å². The van der Waals surface area contributed by atoms with Crippen LogP contribution in [0.15, 0.2) is 54.7 Å². The van der Waals surface area contributed by atoms with Crippen LogP contribution in [-0.4, -0.2) is 10.5 Å². The molecule has 0 fully saturated rings. The fraction of sp³-hybridized carbons (Fsp3) is 0.118. The number of anilines is 1. The third-order valence-electron chi connectivity index (χ3n) is 3.45. The number of fused-ring (bicyclic) bond motifs is 1. The maximum atomic E-state index is 13.1. The molecule has 0 unspecified atom stereocenters. The highest BCUT2D eigenvalue weighted by atomic mass is 19.1. The highest BCUT2D eigenvalue weighted by Gasteiger charge is 2.08. The zero-order chi connectivity index (χ0) is 14.8. The largest absolute Gasteiger partial charge is 0.338 e. The van der Waals surface area contributed by atoms with Gasteiger partial charge in [0.15, 0.2) is 0 Å². The van der Waals surface area contributed by atoms with E-state index in [1.807, 2.05) is 42.0 Å². The summed E-state index contributed by atoms with van der Waals surface area (Å²) in [5, 5.41) is 3.84. The Kier molecular flexibility index (Phi) is 3.44. The van der Waals surface area contributed by atoms with Crippen LogP contribution in [0.1, 0.15) is 5.56 Å². The number of halogens is 1. The van der Waals surface area contributed by atoms with Gasteiger partial charge in [-0.25, -0.2) is 4.39 Å². The van der Waals surface area contributed by atoms with Gasteiger partial charge in [0.25, 0.3) is 0 Å². The van der Waals surface area contributed by atoms with Crippen LogP contribution in [0.25, 0.3) is 10.9 Å². The Bertz CT molecular complexity index is 807. The maximum absolute atomic E-state index is 13.1. The van der Waals surface area contributed by atoms with E-state index in [2.05, 4.69) is 5.32 Å². The lowest BCUT2D eigenvalue weighted by Gasteiger charge is -2.08. The maximum Gasteiger partial charge on any atom is 0.244 e. The molecule has 0 bridgehead atoms. The Morgan fingerprint density at radius 1 is 1.19 bits per heavy atom. The molecular formula is C17H15FN2O. The summed E-state index contributed by atoms with van der Waals surface area (Å²) in [5.74, 6) is -0.547. The van der Waals surface area contributed by atoms with E-state index in [0.29, 0.717) is 5.69 Å². The highest BCUT2D eigenvalue weighted by molar-refractivity contribution is 5.92. The molecule has 4 heteroatoms. The normalized spacial score (nSPS) is 10.8. The average Bonchev–Trinajstić information content (AvgIpc) is 2.83. The van der Waals surface area contributed by atoms with E-state index in [9.17, 15) is 9.18 Å². The van der Waals surface area contributed by atoms with Gasteiger partial charge in [0.05, 0.1) is 0 Å². The van der Waals surface area contributed by atoms with Crippen molar-refractivity contribution in [3.63, 3.8) is 0 Å². The number of carbonyl (C=O) groups is 1. The Morgan fingerprint density at radius 2 is 2.00 bits per heavy atom. The fourth-order valence-electron chi connectivity index (χ4n) is 2.44. The number of nitrogens with one attached hydrogen (secondary N) is 1. The summed E-state index contributed by atoms with van der Waals surface area (Å²) in [6.45, 7) is 2.24. The molecule has 0 aliphatic carbocycles. The Balaban J connectivity index is 1.79. The van der Waals surface area contributed by atoms with Crippen LogP contribution in [0, 0.1) is 12.7 Å². The van der Waals surface area contributed by atoms with E-state index in [0.717, 1.165) is 10.9 Å². The molecule has 1 heterocycles. The number of benzene rings is 2. The Morgan fingerprint density at radius 3 is 2.81 bits per heavy atom. The molecule has 3 nitrogen and oxygen atoms in total. The van der Waals surface area contributed by atoms with Crippen molar-refractivity contribution >= 4 is 22.5 Å². The van der Waals surface area contributed by atoms with E-state index in [4.69, 9.17) is 0 Å². The van der Waals surface area contributed by atoms with Gasteiger partial charge in [-0.3, -0.25) is 4.79 Å². The number of carbonyl (C=O) groups excluding carboxylic acids is 1. The van der Waals surface area contributed by atoms with Crippen molar-refractivity contribution < 1.29 is 9.18 Å². The third kappa shape index (κ3) is 2.79. The standard InChI is InChI=1S/C17H15FN2O/c1-12-4-2-7-16-15(12)8-9-20(16)11-17(21)19-14-6-3-5-13(18)10-14/h2-10H,11H2,1H3,(H,19,21). The zero-order valence-electron chi connectivity index (χ0n) is 11.6. The molecule has 0 aliphatic heterocycles. The van der Waals surface area contributed by atoms with E-state index >= 15 is 0 Å². The molecule has 3 rings (SSSR count). The number of hydrogen-bond donors (Lipinski definition) is 1. The predicted molar refractivity (Wildman–Crippen MR) is 81.7 cm³/mol. The summed E-state index contributed by atoms with van der Waals surface area (Å²) in [6, 6.07) is 13.9. The Labute approximate surface area is 122 Å². The number of hydrogen-bond acceptors (Lipinski definition) is 1. The average molecular weight is 282 g/mol. The highest BCUT2D eigenvalue weighted by Crippen LogP contribution is 2.19. The van der Waals surface area contributed by atoms with Gasteiger partial charge in [-0.2, -0.15) is 0 Å². The number of aromatic nitrogens is 1. The fourth-order valence-corrected chi connectivity index (χ4v) is 2.44. The molecule has 2 aromatic carbocycles. The third-order valence-corrected chi connectivity index (χ3v) is 3.45. The van der Waals surface area contributed by atoms with Crippen LogP contribution >= 0.6 is 0 Å². The summed E-state index contributed by atoms with van der Waals surface area (Å²) in [4.78, 5) is 12.1. The quantitative estimate of drug-likeness (QED) is 0.780. The van der Waals surface area contributed by atoms with E-state index < -0.39 is 0 Å². The summed E-state index contributed by atoms with van der Waals surface area (Å²) >= 11 is 0. The molecule has 1 aromatic heterocycles. The Hall–Kier alpha value is -2.62. The number of rotatable bonds is 3. The van der Waals surface area contributed by atoms with Gasteiger partial charge < -0.3 is 9.88 Å². The molecule has 0 aliphatic rings. The van der Waals surface area contributed by atoms with Gasteiger partial charge in [-0.1, -0.05) is 18.2 Å². The van der Waals surface area contributed by atoms with Crippen molar-refractivity contribution in [2.45, 2.75) is 13.5 Å². The van der Waals surface area contributed by atoms with Crippen molar-refractivity contribution in [2.24, 2.45) is 0 Å². The van der Waals surface area contributed by atoms with Crippen molar-refractivity contribution in [3.8, 4) is 0 Å². The van der Waals surface area contributed by atoms with Crippen molar-refractivity contribution in [1.82, 2.24) is 4.57 Å². The number of aryl methyl sites for hydroxylation is 1. The minimum atomic E-state index is -0.366. The molecule has 3 aromatic rings. The van der Waals surface area contributed by atoms with Gasteiger partial charge in [-0.05, 0) is 42.8 Å². The smallest absolute Gasteiger partial charge is 0.244 e. The van der Waals surface area contributed by atoms with Crippen molar-refractivity contribution in [1.29, 1.82) is 0 Å². The summed E-state index contributed by atoms with van der Waals surface area (Å²) in [7, 11) is 0. The zero-order valence-corrected chi connectivity index (χ0v) is 11.6. The van der Waals surface area contributed by atoms with E-state index in [-0.39, 0.29) is 18.3 Å². The first-order chi connectivity index (χ1) is 10.1. The van der Waals surface area contributed by atoms with Gasteiger partial charge >= 0.3 is 0 Å². The summed E-state index contributed by atoms with van der Waals surface area (Å²) in [5.41, 5.74) is 2.66. The monoisotopic (exact) mass is 282 g/mol. The molecule has 0 radical (unpaired) electrons. The van der Waals surface area contributed by atoms with Crippen LogP contribution in [0.4, 0.5) is 10.1 Å². The van der Waals surface area contributed by atoms with Crippen LogP contribution in [0.3, 0.4) is 0 Å². The summed E-state index contributed by atoms with van der Waals surface area (Å²) < 4.78 is 15.0. The first-order valence-electron chi connectivity index (χ1n) is 6.73. The molecule has 1 amide bonds. The second-order valence-electron chi connectivity index (χ2n) is 5.01. The molecule has 0 saturated carbocycles. The van der Waals surface area contributed by atoms with E-state index in [1.54, 1.807) is 12.1 Å². The summed E-state index contributed by atoms with van der Waals surface area (Å²) in [6.07, 6.45) is 1.89. The van der Waals surface area contributed by atoms with Crippen LogP contribution < -0.4 is 5.32 Å². The first-order valence-corrected chi connectivity index (χ1v) is 6.73. The molecular weight excluding hydrogens is 267 g/mol. The molecule has 106 valence electrons. The second-order valence-corrected chi connectivity index (χ2v) is 5.01. The van der Waals surface area contributed by atoms with Crippen LogP contribution in [0.2, 0.25) is 0 Å². The van der Waals surface area contributed by atoms with Crippen LogP contribution in [-0.2, 0) is 11.3 Å². The first kappa shape index (κ1) is 13.4. The predicted octanol–water partition coefficient (Wildman–Crippen LogP) is 3.73. The molecule has 1 N–H and O–H groups in total. The number of amides is 1. The SMILES string of the molecule is Cc1cccc2c1ccn2CC(=O)Nc1cccc(F)c1. The van der Waals surface area contributed by atoms with E-state index in [1.165, 1.54) is 17.7 Å². The van der Waals surface area contributed by atoms with Crippen molar-refractivity contribution in [3.05, 3.63) is 66.1 Å². The van der Waals surface area contributed by atoms with Gasteiger partial charge in [0, 0.05) is 22.8 Å². The van der Waals surface area contributed by atoms with Gasteiger partial charge in [0.2, 0.25) is 5.91 Å². The van der Waals surface area contributed by atoms with Crippen molar-refractivity contribution in [2.75, 3.05) is 5.32 Å². The minimum Gasteiger partial charge on any atom is -0.338 e. The second kappa shape index (κ2) is 5.40. The minimum absolute atomic E-state index is 0.181. The molecule has 0 saturated heterocycles. The molecule has 21 heavy (non-hydrogen) atoms. The van der Waals surface area contributed by atoms with Crippen LogP contribution in [0.5, 0.6) is 0 Å². The molecule has 0 atom stereocenters. The molecule has 0 spiro atoms.